The molecule has 0 bridgehead atoms. The van der Waals surface area contributed by atoms with Crippen LogP contribution in [0.4, 0.5) is 0 Å². The minimum absolute atomic E-state index is 0.00491. The highest BCUT2D eigenvalue weighted by Gasteiger charge is 2.28. The molecule has 1 amide bonds. The zero-order chi connectivity index (χ0) is 20.7. The van der Waals surface area contributed by atoms with E-state index in [1.807, 2.05) is 12.1 Å². The van der Waals surface area contributed by atoms with E-state index in [4.69, 9.17) is 0 Å². The van der Waals surface area contributed by atoms with Crippen LogP contribution in [0.3, 0.4) is 0 Å². The highest BCUT2D eigenvalue weighted by atomic mass is 16.2. The van der Waals surface area contributed by atoms with E-state index in [2.05, 4.69) is 10.1 Å². The molecule has 0 radical (unpaired) electrons. The molecule has 1 aromatic carbocycles. The van der Waals surface area contributed by atoms with Gasteiger partial charge < -0.3 is 4.90 Å². The number of piperidine rings is 1. The first-order valence-corrected chi connectivity index (χ1v) is 10.4. The highest BCUT2D eigenvalue weighted by Crippen LogP contribution is 2.38. The van der Waals surface area contributed by atoms with Crippen LogP contribution in [0.1, 0.15) is 43.3 Å². The van der Waals surface area contributed by atoms with Crippen LogP contribution in [0.2, 0.25) is 0 Å². The fourth-order valence-electron chi connectivity index (χ4n) is 4.12. The maximum Gasteiger partial charge on any atom is 0.267 e. The second-order valence-corrected chi connectivity index (χ2v) is 8.12. The number of amides is 1. The molecule has 1 aliphatic heterocycles. The zero-order valence-electron chi connectivity index (χ0n) is 16.6. The van der Waals surface area contributed by atoms with Gasteiger partial charge in [-0.05, 0) is 43.9 Å². The molecular weight excluding hydrogens is 382 g/mol. The predicted octanol–water partition coefficient (Wildman–Crippen LogP) is 1.69. The Morgan fingerprint density at radius 1 is 1.00 bits per heavy atom. The average molecular weight is 405 g/mol. The van der Waals surface area contributed by atoms with Crippen molar-refractivity contribution in [2.45, 2.75) is 44.2 Å². The normalized spacial score (nSPS) is 17.4. The number of fused-ring (bicyclic) bond motifs is 1. The Labute approximate surface area is 172 Å². The Hall–Kier alpha value is -3.29. The summed E-state index contributed by atoms with van der Waals surface area (Å²) in [6, 6.07) is 10.6. The molecule has 8 heteroatoms. The van der Waals surface area contributed by atoms with Gasteiger partial charge in [0.1, 0.15) is 6.54 Å². The van der Waals surface area contributed by atoms with Crippen molar-refractivity contribution in [3.05, 3.63) is 69.1 Å². The molecule has 3 aromatic rings. The van der Waals surface area contributed by atoms with Crippen LogP contribution in [0.15, 0.2) is 52.3 Å². The number of carbonyl (C=O) groups excluding carboxylic acids is 1. The van der Waals surface area contributed by atoms with Gasteiger partial charge in [0.25, 0.3) is 11.1 Å². The standard InChI is InChI=1S/C22H23N5O3/c28-20-8-7-18(15-5-6-15)24-27(20)16-9-11-25(12-10-16)21(29)13-26-14-23-19-4-2-1-3-17(19)22(26)30/h1-4,7-8,14-16H,5-6,9-13H2. The van der Waals surface area contributed by atoms with E-state index in [9.17, 15) is 14.4 Å². The highest BCUT2D eigenvalue weighted by molar-refractivity contribution is 5.79. The molecule has 1 saturated carbocycles. The average Bonchev–Trinajstić information content (AvgIpc) is 3.62. The SMILES string of the molecule is O=C(Cn1cnc2ccccc2c1=O)N1CCC(n2nc(C3CC3)ccc2=O)CC1. The van der Waals surface area contributed by atoms with Crippen LogP contribution >= 0.6 is 0 Å². The number of carbonyl (C=O) groups is 1. The molecule has 3 heterocycles. The van der Waals surface area contributed by atoms with E-state index in [1.54, 1.807) is 33.8 Å². The second kappa shape index (κ2) is 7.51. The molecule has 1 aliphatic carbocycles. The molecule has 154 valence electrons. The lowest BCUT2D eigenvalue weighted by Gasteiger charge is -2.32. The summed E-state index contributed by atoms with van der Waals surface area (Å²) < 4.78 is 2.97. The smallest absolute Gasteiger partial charge is 0.267 e. The summed E-state index contributed by atoms with van der Waals surface area (Å²) in [5.74, 6) is 0.382. The molecule has 2 fully saturated rings. The fraction of sp³-hybridized carbons (Fsp3) is 0.409. The number of benzene rings is 1. The predicted molar refractivity (Wildman–Crippen MR) is 111 cm³/mol. The number of nitrogens with zero attached hydrogens (tertiary/aromatic N) is 5. The van der Waals surface area contributed by atoms with E-state index in [0.29, 0.717) is 42.8 Å². The van der Waals surface area contributed by atoms with Gasteiger partial charge in [-0.3, -0.25) is 19.0 Å². The molecule has 2 aromatic heterocycles. The minimum Gasteiger partial charge on any atom is -0.341 e. The summed E-state index contributed by atoms with van der Waals surface area (Å²) in [5, 5.41) is 5.09. The lowest BCUT2D eigenvalue weighted by atomic mass is 10.0. The molecule has 0 atom stereocenters. The number of aromatic nitrogens is 4. The van der Waals surface area contributed by atoms with Crippen LogP contribution in [-0.2, 0) is 11.3 Å². The lowest BCUT2D eigenvalue weighted by molar-refractivity contribution is -0.133. The van der Waals surface area contributed by atoms with Gasteiger partial charge in [0.15, 0.2) is 0 Å². The number of rotatable bonds is 4. The summed E-state index contributed by atoms with van der Waals surface area (Å²) in [4.78, 5) is 43.7. The van der Waals surface area contributed by atoms with Crippen molar-refractivity contribution in [1.29, 1.82) is 0 Å². The van der Waals surface area contributed by atoms with Crippen molar-refractivity contribution in [3.63, 3.8) is 0 Å². The molecule has 0 unspecified atom stereocenters. The van der Waals surface area contributed by atoms with Crippen LogP contribution in [0, 0.1) is 0 Å². The Morgan fingerprint density at radius 2 is 1.77 bits per heavy atom. The van der Waals surface area contributed by atoms with Gasteiger partial charge in [-0.2, -0.15) is 5.10 Å². The Morgan fingerprint density at radius 3 is 2.53 bits per heavy atom. The Kier molecular flexibility index (Phi) is 4.69. The quantitative estimate of drug-likeness (QED) is 0.659. The third-order valence-corrected chi connectivity index (χ3v) is 6.04. The molecule has 0 spiro atoms. The third-order valence-electron chi connectivity index (χ3n) is 6.04. The lowest BCUT2D eigenvalue weighted by Crippen LogP contribution is -2.43. The number of likely N-dealkylation sites (tertiary alicyclic amines) is 1. The van der Waals surface area contributed by atoms with Crippen molar-refractivity contribution in [2.75, 3.05) is 13.1 Å². The molecule has 0 N–H and O–H groups in total. The summed E-state index contributed by atoms with van der Waals surface area (Å²) in [6.07, 6.45) is 5.07. The summed E-state index contributed by atoms with van der Waals surface area (Å²) >= 11 is 0. The van der Waals surface area contributed by atoms with E-state index in [0.717, 1.165) is 18.5 Å². The van der Waals surface area contributed by atoms with Gasteiger partial charge in [-0.25, -0.2) is 9.67 Å². The zero-order valence-corrected chi connectivity index (χ0v) is 16.6. The molecule has 8 nitrogen and oxygen atoms in total. The topological polar surface area (TPSA) is 90.1 Å². The second-order valence-electron chi connectivity index (χ2n) is 8.12. The fourth-order valence-corrected chi connectivity index (χ4v) is 4.12. The van der Waals surface area contributed by atoms with Gasteiger partial charge in [0.05, 0.1) is 29.0 Å². The first-order chi connectivity index (χ1) is 14.6. The largest absolute Gasteiger partial charge is 0.341 e. The Bertz CT molecular complexity index is 1220. The van der Waals surface area contributed by atoms with Gasteiger partial charge in [0.2, 0.25) is 5.91 Å². The van der Waals surface area contributed by atoms with E-state index >= 15 is 0 Å². The maximum atomic E-state index is 12.8. The van der Waals surface area contributed by atoms with E-state index in [-0.39, 0.29) is 29.6 Å². The summed E-state index contributed by atoms with van der Waals surface area (Å²) in [7, 11) is 0. The molecule has 2 aliphatic rings. The molecule has 30 heavy (non-hydrogen) atoms. The monoisotopic (exact) mass is 405 g/mol. The van der Waals surface area contributed by atoms with Crippen molar-refractivity contribution in [3.8, 4) is 0 Å². The van der Waals surface area contributed by atoms with Crippen molar-refractivity contribution < 1.29 is 4.79 Å². The van der Waals surface area contributed by atoms with Gasteiger partial charge in [-0.1, -0.05) is 12.1 Å². The maximum absolute atomic E-state index is 12.8. The number of hydrogen-bond donors (Lipinski definition) is 0. The minimum atomic E-state index is -0.212. The van der Waals surface area contributed by atoms with Crippen molar-refractivity contribution >= 4 is 16.8 Å². The summed E-state index contributed by atoms with van der Waals surface area (Å²) in [5.41, 5.74) is 1.32. The first-order valence-electron chi connectivity index (χ1n) is 10.4. The van der Waals surface area contributed by atoms with Crippen LogP contribution in [0.5, 0.6) is 0 Å². The van der Waals surface area contributed by atoms with Gasteiger partial charge in [-0.15, -0.1) is 0 Å². The van der Waals surface area contributed by atoms with Gasteiger partial charge >= 0.3 is 0 Å². The number of para-hydroxylation sites is 1. The van der Waals surface area contributed by atoms with Crippen molar-refractivity contribution in [1.82, 2.24) is 24.2 Å². The van der Waals surface area contributed by atoms with Crippen LogP contribution < -0.4 is 11.1 Å². The molecular formula is C22H23N5O3. The van der Waals surface area contributed by atoms with Gasteiger partial charge in [0, 0.05) is 25.1 Å². The molecule has 5 rings (SSSR count). The van der Waals surface area contributed by atoms with Crippen LogP contribution in [-0.4, -0.2) is 43.2 Å². The van der Waals surface area contributed by atoms with Crippen LogP contribution in [0.25, 0.3) is 10.9 Å². The van der Waals surface area contributed by atoms with E-state index < -0.39 is 0 Å². The molecule has 1 saturated heterocycles. The summed E-state index contributed by atoms with van der Waals surface area (Å²) in [6.45, 7) is 1.05. The van der Waals surface area contributed by atoms with Crippen molar-refractivity contribution in [2.24, 2.45) is 0 Å². The Balaban J connectivity index is 1.26. The van der Waals surface area contributed by atoms with E-state index in [1.165, 1.54) is 10.9 Å². The third kappa shape index (κ3) is 3.53. The first kappa shape index (κ1) is 18.7. The number of hydrogen-bond acceptors (Lipinski definition) is 5.